The van der Waals surface area contributed by atoms with E-state index in [9.17, 15) is 8.42 Å². The maximum atomic E-state index is 11.9. The van der Waals surface area contributed by atoms with Crippen LogP contribution in [0.1, 0.15) is 47.5 Å². The minimum Gasteiger partial charge on any atom is -0.225 e. The highest BCUT2D eigenvalue weighted by Gasteiger charge is 2.40. The summed E-state index contributed by atoms with van der Waals surface area (Å²) in [5.74, 6) is 0. The first-order valence-corrected chi connectivity index (χ1v) is 7.54. The van der Waals surface area contributed by atoms with Crippen molar-refractivity contribution < 1.29 is 8.42 Å². The number of nitrogens with one attached hydrogen (secondary N) is 1. The smallest absolute Gasteiger partial charge is 0.225 e. The van der Waals surface area contributed by atoms with E-state index in [-0.39, 0.29) is 0 Å². The average molecular weight is 260 g/mol. The van der Waals surface area contributed by atoms with Gasteiger partial charge in [0.1, 0.15) is 0 Å². The molecule has 0 radical (unpaired) electrons. The van der Waals surface area contributed by atoms with E-state index in [0.29, 0.717) is 6.04 Å². The fraction of sp³-hybridized carbons (Fsp3) is 0.833. The van der Waals surface area contributed by atoms with Gasteiger partial charge in [-0.3, -0.25) is 0 Å². The molecule has 0 bridgehead atoms. The summed E-state index contributed by atoms with van der Waals surface area (Å²) in [6.07, 6.45) is 4.22. The van der Waals surface area contributed by atoms with E-state index in [1.807, 2.05) is 0 Å². The molecule has 100 valence electrons. The van der Waals surface area contributed by atoms with Crippen molar-refractivity contribution in [2.45, 2.75) is 58.2 Å². The Morgan fingerprint density at radius 1 is 1.41 bits per heavy atom. The van der Waals surface area contributed by atoms with Gasteiger partial charge >= 0.3 is 0 Å². The molecular weight excluding hydrogens is 236 g/mol. The predicted molar refractivity (Wildman–Crippen MR) is 71.0 cm³/mol. The van der Waals surface area contributed by atoms with Crippen molar-refractivity contribution >= 4 is 10.0 Å². The number of sulfonamides is 1. The van der Waals surface area contributed by atoms with Crippen molar-refractivity contribution in [1.29, 1.82) is 0 Å². The van der Waals surface area contributed by atoms with Gasteiger partial charge in [-0.25, -0.2) is 13.4 Å². The molecule has 1 rings (SSSR count). The first-order chi connectivity index (χ1) is 7.63. The molecule has 2 unspecified atom stereocenters. The van der Waals surface area contributed by atoms with Gasteiger partial charge in [-0.15, -0.1) is 4.83 Å². The van der Waals surface area contributed by atoms with E-state index in [1.165, 1.54) is 5.57 Å². The van der Waals surface area contributed by atoms with Gasteiger partial charge in [0.25, 0.3) is 0 Å². The van der Waals surface area contributed by atoms with Crippen molar-refractivity contribution in [2.75, 3.05) is 6.54 Å². The summed E-state index contributed by atoms with van der Waals surface area (Å²) in [5.41, 5.74) is 1.31. The first kappa shape index (κ1) is 14.7. The fourth-order valence-corrected chi connectivity index (χ4v) is 2.20. The number of rotatable bonds is 5. The molecule has 1 heterocycles. The van der Waals surface area contributed by atoms with Crippen LogP contribution in [-0.2, 0) is 10.0 Å². The van der Waals surface area contributed by atoms with E-state index in [0.717, 1.165) is 19.4 Å². The molecule has 0 aliphatic carbocycles. The molecule has 4 nitrogen and oxygen atoms in total. The molecule has 0 aromatic carbocycles. The number of hydrogen-bond donors (Lipinski definition) is 1. The zero-order valence-electron chi connectivity index (χ0n) is 11.4. The van der Waals surface area contributed by atoms with Crippen molar-refractivity contribution in [2.24, 2.45) is 0 Å². The minimum atomic E-state index is -3.25. The van der Waals surface area contributed by atoms with Gasteiger partial charge in [0.15, 0.2) is 0 Å². The lowest BCUT2D eigenvalue weighted by Gasteiger charge is -2.20. The zero-order valence-corrected chi connectivity index (χ0v) is 12.3. The Morgan fingerprint density at radius 3 is 2.47 bits per heavy atom. The van der Waals surface area contributed by atoms with Crippen LogP contribution in [0.3, 0.4) is 0 Å². The Morgan fingerprint density at radius 2 is 2.00 bits per heavy atom. The van der Waals surface area contributed by atoms with Crippen LogP contribution in [0.2, 0.25) is 0 Å². The summed E-state index contributed by atoms with van der Waals surface area (Å²) in [4.78, 5) is 2.64. The number of allylic oxidation sites excluding steroid dienone is 2. The van der Waals surface area contributed by atoms with Crippen LogP contribution >= 0.6 is 0 Å². The SMILES string of the molecule is CC(C)=CCCC1CN1NS(=O)(=O)C(C)(C)C. The minimum absolute atomic E-state index is 0.364. The summed E-state index contributed by atoms with van der Waals surface area (Å²) in [6.45, 7) is 10.1. The molecule has 1 fully saturated rings. The first-order valence-electron chi connectivity index (χ1n) is 6.05. The van der Waals surface area contributed by atoms with Gasteiger partial charge in [0.05, 0.1) is 4.75 Å². The summed E-state index contributed by atoms with van der Waals surface area (Å²) < 4.78 is 23.0. The van der Waals surface area contributed by atoms with Crippen molar-refractivity contribution in [3.63, 3.8) is 0 Å². The molecule has 0 aromatic heterocycles. The van der Waals surface area contributed by atoms with Crippen LogP contribution < -0.4 is 4.83 Å². The third-order valence-corrected chi connectivity index (χ3v) is 4.90. The average Bonchev–Trinajstić information content (AvgIpc) is 2.79. The molecule has 0 saturated carbocycles. The largest absolute Gasteiger partial charge is 0.229 e. The molecule has 5 heteroatoms. The van der Waals surface area contributed by atoms with Gasteiger partial charge in [-0.1, -0.05) is 11.6 Å². The van der Waals surface area contributed by atoms with E-state index >= 15 is 0 Å². The third-order valence-electron chi connectivity index (χ3n) is 2.81. The topological polar surface area (TPSA) is 49.2 Å². The summed E-state index contributed by atoms with van der Waals surface area (Å²) in [7, 11) is -3.25. The molecule has 0 spiro atoms. The van der Waals surface area contributed by atoms with Crippen LogP contribution in [0, 0.1) is 0 Å². The normalized spacial score (nSPS) is 24.5. The van der Waals surface area contributed by atoms with Crippen LogP contribution in [0.4, 0.5) is 0 Å². The number of hydrogen-bond acceptors (Lipinski definition) is 3. The van der Waals surface area contributed by atoms with Crippen molar-refractivity contribution in [3.8, 4) is 0 Å². The monoisotopic (exact) mass is 260 g/mol. The van der Waals surface area contributed by atoms with Gasteiger partial charge < -0.3 is 0 Å². The highest BCUT2D eigenvalue weighted by atomic mass is 32.2. The van der Waals surface area contributed by atoms with Crippen LogP contribution in [-0.4, -0.2) is 30.8 Å². The summed E-state index contributed by atoms with van der Waals surface area (Å²) >= 11 is 0. The van der Waals surface area contributed by atoms with Gasteiger partial charge in [-0.05, 0) is 47.5 Å². The Balaban J connectivity index is 2.37. The number of nitrogens with zero attached hydrogens (tertiary/aromatic N) is 1. The highest BCUT2D eigenvalue weighted by molar-refractivity contribution is 7.90. The van der Waals surface area contributed by atoms with Gasteiger partial charge in [-0.2, -0.15) is 0 Å². The molecule has 1 aliphatic rings. The van der Waals surface area contributed by atoms with E-state index in [1.54, 1.807) is 25.8 Å². The Bertz CT molecular complexity index is 389. The maximum absolute atomic E-state index is 11.9. The quantitative estimate of drug-likeness (QED) is 0.608. The molecule has 1 N–H and O–H groups in total. The summed E-state index contributed by atoms with van der Waals surface area (Å²) in [5, 5.41) is 1.80. The second kappa shape index (κ2) is 5.08. The lowest BCUT2D eigenvalue weighted by molar-refractivity contribution is 0.428. The van der Waals surface area contributed by atoms with E-state index in [2.05, 4.69) is 24.8 Å². The Hall–Kier alpha value is -0.390. The van der Waals surface area contributed by atoms with Crippen LogP contribution in [0.25, 0.3) is 0 Å². The van der Waals surface area contributed by atoms with E-state index < -0.39 is 14.8 Å². The van der Waals surface area contributed by atoms with Crippen LogP contribution in [0.15, 0.2) is 11.6 Å². The molecule has 17 heavy (non-hydrogen) atoms. The molecule has 1 aliphatic heterocycles. The van der Waals surface area contributed by atoms with Crippen LogP contribution in [0.5, 0.6) is 0 Å². The Labute approximate surface area is 105 Å². The highest BCUT2D eigenvalue weighted by Crippen LogP contribution is 2.23. The van der Waals surface area contributed by atoms with Crippen molar-refractivity contribution in [1.82, 2.24) is 9.84 Å². The molecular formula is C12H24N2O2S. The lowest BCUT2D eigenvalue weighted by Crippen LogP contribution is -2.42. The lowest BCUT2D eigenvalue weighted by atomic mass is 10.2. The second-order valence-corrected chi connectivity index (χ2v) is 8.29. The number of hydrazine groups is 1. The van der Waals surface area contributed by atoms with Gasteiger partial charge in [0, 0.05) is 12.6 Å². The Kier molecular flexibility index (Phi) is 4.38. The molecule has 1 saturated heterocycles. The van der Waals surface area contributed by atoms with Gasteiger partial charge in [0.2, 0.25) is 10.0 Å². The third kappa shape index (κ3) is 4.41. The second-order valence-electron chi connectivity index (χ2n) is 5.87. The molecule has 2 atom stereocenters. The maximum Gasteiger partial charge on any atom is 0.229 e. The molecule has 0 aromatic rings. The summed E-state index contributed by atoms with van der Waals surface area (Å²) in [6, 6.07) is 0.364. The fourth-order valence-electron chi connectivity index (χ4n) is 1.39. The molecule has 0 amide bonds. The van der Waals surface area contributed by atoms with E-state index in [4.69, 9.17) is 0 Å². The van der Waals surface area contributed by atoms with Crippen molar-refractivity contribution in [3.05, 3.63) is 11.6 Å². The zero-order chi connectivity index (χ0) is 13.3. The predicted octanol–water partition coefficient (Wildman–Crippen LogP) is 2.05. The standard InChI is InChI=1S/C12H24N2O2S/c1-10(2)7-6-8-11-9-14(11)13-17(15,16)12(3,4)5/h7,11,13H,6,8-9H2,1-5H3.